The zero-order chi connectivity index (χ0) is 28.1. The van der Waals surface area contributed by atoms with Crippen LogP contribution in [-0.2, 0) is 16.6 Å². The zero-order valence-electron chi connectivity index (χ0n) is 21.8. The highest BCUT2D eigenvalue weighted by Gasteiger charge is 2.48. The van der Waals surface area contributed by atoms with E-state index < -0.39 is 23.2 Å². The van der Waals surface area contributed by atoms with Crippen LogP contribution in [0.3, 0.4) is 0 Å². The van der Waals surface area contributed by atoms with Crippen LogP contribution in [0.5, 0.6) is 0 Å². The first-order valence-electron chi connectivity index (χ1n) is 13.7. The van der Waals surface area contributed by atoms with Crippen LogP contribution in [0.15, 0.2) is 48.8 Å². The van der Waals surface area contributed by atoms with Gasteiger partial charge in [-0.1, -0.05) is 12.1 Å². The maximum absolute atomic E-state index is 13.0. The van der Waals surface area contributed by atoms with Gasteiger partial charge in [0.15, 0.2) is 5.65 Å². The third-order valence-corrected chi connectivity index (χ3v) is 8.82. The number of hydrogen-bond acceptors (Lipinski definition) is 6. The van der Waals surface area contributed by atoms with Gasteiger partial charge in [0.2, 0.25) is 5.91 Å². The molecule has 2 aromatic heterocycles. The number of carbonyl (C=O) groups excluding carboxylic acids is 2. The van der Waals surface area contributed by atoms with Crippen LogP contribution in [-0.4, -0.2) is 79.1 Å². The number of halogens is 3. The highest BCUT2D eigenvalue weighted by atomic mass is 19.4. The lowest BCUT2D eigenvalue weighted by atomic mass is 9.79. The molecule has 4 heterocycles. The molecule has 1 aromatic carbocycles. The fourth-order valence-electron chi connectivity index (χ4n) is 6.84. The number of likely N-dealkylation sites (tertiary alicyclic amines) is 2. The van der Waals surface area contributed by atoms with Crippen LogP contribution < -0.4 is 5.32 Å². The van der Waals surface area contributed by atoms with Crippen molar-refractivity contribution in [1.29, 1.82) is 0 Å². The van der Waals surface area contributed by atoms with E-state index in [0.29, 0.717) is 31.1 Å². The number of fused-ring (bicyclic) bond motifs is 2. The molecule has 212 valence electrons. The molecule has 2 amide bonds. The largest absolute Gasteiger partial charge is 0.416 e. The molecule has 0 bridgehead atoms. The number of aliphatic hydroxyl groups is 1. The Kier molecular flexibility index (Phi) is 6.78. The molecule has 3 aliphatic rings. The summed E-state index contributed by atoms with van der Waals surface area (Å²) in [6.07, 6.45) is 1.46. The normalized spacial score (nSPS) is 27.2. The first-order chi connectivity index (χ1) is 19.1. The van der Waals surface area contributed by atoms with Gasteiger partial charge in [0.25, 0.3) is 5.91 Å². The maximum atomic E-state index is 13.0. The number of benzene rings is 1. The predicted molar refractivity (Wildman–Crippen MR) is 138 cm³/mol. The Morgan fingerprint density at radius 3 is 2.55 bits per heavy atom. The van der Waals surface area contributed by atoms with Crippen LogP contribution in [0.25, 0.3) is 5.65 Å². The molecule has 2 N–H and O–H groups in total. The summed E-state index contributed by atoms with van der Waals surface area (Å²) in [6, 6.07) is 10.4. The molecule has 6 rings (SSSR count). The van der Waals surface area contributed by atoms with Crippen LogP contribution >= 0.6 is 0 Å². The molecular weight excluding hydrogens is 525 g/mol. The van der Waals surface area contributed by atoms with Gasteiger partial charge in [-0.15, -0.1) is 0 Å². The minimum Gasteiger partial charge on any atom is -0.384 e. The van der Waals surface area contributed by atoms with Crippen molar-refractivity contribution in [3.63, 3.8) is 0 Å². The summed E-state index contributed by atoms with van der Waals surface area (Å²) in [5, 5.41) is 18.3. The number of aromatic nitrogens is 3. The smallest absolute Gasteiger partial charge is 0.384 e. The molecule has 2 atom stereocenters. The van der Waals surface area contributed by atoms with E-state index >= 15 is 0 Å². The third kappa shape index (κ3) is 4.83. The summed E-state index contributed by atoms with van der Waals surface area (Å²) < 4.78 is 40.7. The van der Waals surface area contributed by atoms with Crippen molar-refractivity contribution in [1.82, 2.24) is 29.7 Å². The fraction of sp³-hybridized carbons (Fsp3) is 0.500. The van der Waals surface area contributed by atoms with Gasteiger partial charge in [-0.2, -0.15) is 18.3 Å². The number of alkyl halides is 3. The molecule has 2 saturated heterocycles. The molecule has 2 unspecified atom stereocenters. The molecule has 40 heavy (non-hydrogen) atoms. The second-order valence-electron chi connectivity index (χ2n) is 11.0. The average Bonchev–Trinajstić information content (AvgIpc) is 3.68. The Hall–Kier alpha value is -3.51. The van der Waals surface area contributed by atoms with E-state index in [1.54, 1.807) is 4.52 Å². The molecular formula is C28H31F3N6O3. The number of amides is 2. The highest BCUT2D eigenvalue weighted by molar-refractivity contribution is 5.96. The quantitative estimate of drug-likeness (QED) is 0.501. The summed E-state index contributed by atoms with van der Waals surface area (Å²) in [6.45, 7) is 1.18. The lowest BCUT2D eigenvalue weighted by Gasteiger charge is -2.41. The van der Waals surface area contributed by atoms with Crippen LogP contribution in [0.1, 0.15) is 60.1 Å². The molecule has 1 aliphatic carbocycles. The lowest BCUT2D eigenvalue weighted by Crippen LogP contribution is -2.47. The van der Waals surface area contributed by atoms with Gasteiger partial charge in [-0.05, 0) is 68.9 Å². The third-order valence-electron chi connectivity index (χ3n) is 8.82. The number of nitrogens with zero attached hydrogens (tertiary/aromatic N) is 5. The second kappa shape index (κ2) is 10.2. The molecule has 3 aromatic rings. The number of rotatable bonds is 5. The Balaban J connectivity index is 1.04. The van der Waals surface area contributed by atoms with Crippen molar-refractivity contribution >= 4 is 17.5 Å². The van der Waals surface area contributed by atoms with Crippen molar-refractivity contribution < 1.29 is 27.9 Å². The Morgan fingerprint density at radius 1 is 1.02 bits per heavy atom. The van der Waals surface area contributed by atoms with Gasteiger partial charge in [0, 0.05) is 36.8 Å². The number of nitrogens with one attached hydrogen (secondary N) is 1. The van der Waals surface area contributed by atoms with Crippen LogP contribution in [0.4, 0.5) is 13.2 Å². The maximum Gasteiger partial charge on any atom is 0.416 e. The molecule has 1 saturated carbocycles. The molecule has 12 heteroatoms. The monoisotopic (exact) mass is 556 g/mol. The topological polar surface area (TPSA) is 103 Å². The van der Waals surface area contributed by atoms with Crippen LogP contribution in [0.2, 0.25) is 0 Å². The number of carbonyl (C=O) groups is 2. The van der Waals surface area contributed by atoms with Gasteiger partial charge in [-0.3, -0.25) is 14.5 Å². The molecule has 3 fully saturated rings. The Morgan fingerprint density at radius 2 is 1.77 bits per heavy atom. The van der Waals surface area contributed by atoms with Gasteiger partial charge < -0.3 is 15.3 Å². The second-order valence-corrected chi connectivity index (χ2v) is 11.0. The molecule has 0 spiro atoms. The van der Waals surface area contributed by atoms with E-state index in [4.69, 9.17) is 0 Å². The standard InChI is InChI=1S/C28H31F3N6O3/c29-28(30,31)19-4-1-3-18(15-19)26(39)32-16-25(38)36-14-10-21-22(36)9-13-35(21)20-7-11-27(40,12-8-20)23-5-2-6-24-33-17-34-37(23)24/h1-6,15,17,20-22,40H,7-14,16H2,(H,32,39). The molecule has 0 radical (unpaired) electrons. The zero-order valence-corrected chi connectivity index (χ0v) is 21.8. The van der Waals surface area contributed by atoms with Crippen molar-refractivity contribution in [3.05, 3.63) is 65.6 Å². The number of hydrogen-bond donors (Lipinski definition) is 2. The van der Waals surface area contributed by atoms with Gasteiger partial charge >= 0.3 is 6.18 Å². The summed E-state index contributed by atoms with van der Waals surface area (Å²) in [5.41, 5.74) is -0.553. The summed E-state index contributed by atoms with van der Waals surface area (Å²) in [5.74, 6) is -0.937. The van der Waals surface area contributed by atoms with E-state index in [2.05, 4.69) is 20.3 Å². The van der Waals surface area contributed by atoms with E-state index in [0.717, 1.165) is 50.1 Å². The first kappa shape index (κ1) is 26.7. The minimum absolute atomic E-state index is 0.0441. The van der Waals surface area contributed by atoms with Crippen molar-refractivity contribution in [2.45, 2.75) is 68.4 Å². The van der Waals surface area contributed by atoms with E-state index in [-0.39, 0.29) is 30.1 Å². The summed E-state index contributed by atoms with van der Waals surface area (Å²) in [4.78, 5) is 34.0. The average molecular weight is 557 g/mol. The summed E-state index contributed by atoms with van der Waals surface area (Å²) >= 11 is 0. The van der Waals surface area contributed by atoms with Gasteiger partial charge in [-0.25, -0.2) is 9.50 Å². The van der Waals surface area contributed by atoms with Crippen molar-refractivity contribution in [2.75, 3.05) is 19.6 Å². The van der Waals surface area contributed by atoms with Crippen LogP contribution in [0, 0.1) is 0 Å². The Bertz CT molecular complexity index is 1420. The summed E-state index contributed by atoms with van der Waals surface area (Å²) in [7, 11) is 0. The van der Waals surface area contributed by atoms with Crippen molar-refractivity contribution in [3.8, 4) is 0 Å². The van der Waals surface area contributed by atoms with E-state index in [1.165, 1.54) is 18.5 Å². The number of pyridine rings is 1. The minimum atomic E-state index is -4.55. The Labute approximate surface area is 229 Å². The fourth-order valence-corrected chi connectivity index (χ4v) is 6.84. The van der Waals surface area contributed by atoms with Crippen molar-refractivity contribution in [2.24, 2.45) is 0 Å². The van der Waals surface area contributed by atoms with Gasteiger partial charge in [0.05, 0.1) is 17.8 Å². The van der Waals surface area contributed by atoms with E-state index in [9.17, 15) is 27.9 Å². The van der Waals surface area contributed by atoms with Gasteiger partial charge in [0.1, 0.15) is 11.9 Å². The first-order valence-corrected chi connectivity index (χ1v) is 13.7. The lowest BCUT2D eigenvalue weighted by molar-refractivity contribution is -0.137. The predicted octanol–water partition coefficient (Wildman–Crippen LogP) is 2.98. The van der Waals surface area contributed by atoms with E-state index in [1.807, 2.05) is 23.1 Å². The molecule has 9 nitrogen and oxygen atoms in total. The highest BCUT2D eigenvalue weighted by Crippen LogP contribution is 2.42. The molecule has 2 aliphatic heterocycles. The SMILES string of the molecule is O=C(NCC(=O)N1CCC2C1CCN2C1CCC(O)(c2cccc3ncnn23)CC1)c1cccc(C(F)(F)F)c1.